The van der Waals surface area contributed by atoms with Crippen LogP contribution in [0.5, 0.6) is 0 Å². The molecule has 1 amide bonds. The van der Waals surface area contributed by atoms with Gasteiger partial charge in [-0.05, 0) is 31.9 Å². The van der Waals surface area contributed by atoms with Gasteiger partial charge in [-0.1, -0.05) is 0 Å². The molecular formula is C15H20N6O. The first kappa shape index (κ1) is 14.5. The van der Waals surface area contributed by atoms with Crippen LogP contribution in [0.1, 0.15) is 29.0 Å². The highest BCUT2D eigenvalue weighted by Gasteiger charge is 2.17. The summed E-state index contributed by atoms with van der Waals surface area (Å²) in [6, 6.07) is 3.58. The Balaban J connectivity index is 1.63. The molecule has 7 nitrogen and oxygen atoms in total. The van der Waals surface area contributed by atoms with Gasteiger partial charge in [0, 0.05) is 37.7 Å². The van der Waals surface area contributed by atoms with E-state index in [9.17, 15) is 4.79 Å². The maximum Gasteiger partial charge on any atom is 0.270 e. The molecule has 0 aromatic carbocycles. The minimum absolute atomic E-state index is 0.168. The first-order valence-corrected chi connectivity index (χ1v) is 7.58. The van der Waals surface area contributed by atoms with E-state index >= 15 is 0 Å². The van der Waals surface area contributed by atoms with Crippen molar-refractivity contribution in [1.82, 2.24) is 25.1 Å². The summed E-state index contributed by atoms with van der Waals surface area (Å²) in [4.78, 5) is 23.2. The number of aryl methyl sites for hydroxylation is 1. The van der Waals surface area contributed by atoms with E-state index in [1.807, 2.05) is 19.2 Å². The first-order valence-electron chi connectivity index (χ1n) is 7.58. The molecule has 0 bridgehead atoms. The van der Waals surface area contributed by atoms with Gasteiger partial charge in [-0.15, -0.1) is 0 Å². The van der Waals surface area contributed by atoms with E-state index in [0.717, 1.165) is 31.6 Å². The zero-order chi connectivity index (χ0) is 15.4. The number of carbonyl (C=O) groups excluding carboxylic acids is 1. The van der Waals surface area contributed by atoms with Crippen molar-refractivity contribution in [1.29, 1.82) is 0 Å². The van der Waals surface area contributed by atoms with Gasteiger partial charge in [0.2, 0.25) is 5.95 Å². The number of aromatic nitrogens is 4. The molecule has 22 heavy (non-hydrogen) atoms. The van der Waals surface area contributed by atoms with Gasteiger partial charge in [0.15, 0.2) is 0 Å². The number of rotatable bonds is 5. The van der Waals surface area contributed by atoms with Crippen molar-refractivity contribution in [3.05, 3.63) is 35.9 Å². The van der Waals surface area contributed by atoms with E-state index in [2.05, 4.69) is 25.3 Å². The molecular weight excluding hydrogens is 280 g/mol. The zero-order valence-electron chi connectivity index (χ0n) is 12.7. The lowest BCUT2D eigenvalue weighted by atomic mass is 10.3. The lowest BCUT2D eigenvalue weighted by Gasteiger charge is -2.16. The van der Waals surface area contributed by atoms with Crippen LogP contribution < -0.4 is 10.2 Å². The summed E-state index contributed by atoms with van der Waals surface area (Å²) >= 11 is 0. The summed E-state index contributed by atoms with van der Waals surface area (Å²) in [5.74, 6) is 0.493. The van der Waals surface area contributed by atoms with Gasteiger partial charge in [0.25, 0.3) is 5.91 Å². The Morgan fingerprint density at radius 3 is 2.86 bits per heavy atom. The second-order valence-corrected chi connectivity index (χ2v) is 5.41. The Morgan fingerprint density at radius 1 is 1.32 bits per heavy atom. The molecule has 7 heteroatoms. The van der Waals surface area contributed by atoms with Crippen LogP contribution in [0.4, 0.5) is 5.95 Å². The molecule has 0 saturated carbocycles. The Labute approximate surface area is 129 Å². The third kappa shape index (κ3) is 3.41. The fourth-order valence-electron chi connectivity index (χ4n) is 2.54. The summed E-state index contributed by atoms with van der Waals surface area (Å²) in [7, 11) is 0. The molecule has 0 spiro atoms. The lowest BCUT2D eigenvalue weighted by Crippen LogP contribution is -2.29. The standard InChI is InChI=1S/C15H20N6O/c1-12-11-13(19-15(18-12)20-7-2-3-8-20)14(22)16-6-10-21-9-4-5-17-21/h4-5,9,11H,2-3,6-8,10H2,1H3,(H,16,22). The van der Waals surface area contributed by atoms with E-state index in [-0.39, 0.29) is 5.91 Å². The summed E-state index contributed by atoms with van der Waals surface area (Å²) in [5.41, 5.74) is 1.24. The summed E-state index contributed by atoms with van der Waals surface area (Å²) in [6.45, 7) is 4.97. The van der Waals surface area contributed by atoms with Crippen molar-refractivity contribution in [2.24, 2.45) is 0 Å². The van der Waals surface area contributed by atoms with Crippen molar-refractivity contribution in [3.63, 3.8) is 0 Å². The average molecular weight is 300 g/mol. The van der Waals surface area contributed by atoms with Gasteiger partial charge < -0.3 is 10.2 Å². The van der Waals surface area contributed by atoms with Crippen LogP contribution in [0.25, 0.3) is 0 Å². The maximum atomic E-state index is 12.2. The minimum atomic E-state index is -0.168. The van der Waals surface area contributed by atoms with Crippen molar-refractivity contribution in [2.45, 2.75) is 26.3 Å². The van der Waals surface area contributed by atoms with Gasteiger partial charge in [0.05, 0.1) is 6.54 Å². The number of carbonyl (C=O) groups is 1. The number of amides is 1. The molecule has 0 unspecified atom stereocenters. The molecule has 1 N–H and O–H groups in total. The Kier molecular flexibility index (Phi) is 4.32. The minimum Gasteiger partial charge on any atom is -0.349 e. The third-order valence-electron chi connectivity index (χ3n) is 3.65. The van der Waals surface area contributed by atoms with Crippen LogP contribution in [0.15, 0.2) is 24.5 Å². The topological polar surface area (TPSA) is 75.9 Å². The van der Waals surface area contributed by atoms with Crippen LogP contribution in [0.2, 0.25) is 0 Å². The molecule has 2 aromatic heterocycles. The normalized spacial score (nSPS) is 14.3. The smallest absolute Gasteiger partial charge is 0.270 e. The van der Waals surface area contributed by atoms with Crippen LogP contribution in [-0.4, -0.2) is 45.3 Å². The molecule has 0 aliphatic carbocycles. The van der Waals surface area contributed by atoms with Gasteiger partial charge in [-0.25, -0.2) is 9.97 Å². The van der Waals surface area contributed by atoms with Crippen molar-refractivity contribution in [2.75, 3.05) is 24.5 Å². The molecule has 3 rings (SSSR count). The number of anilines is 1. The van der Waals surface area contributed by atoms with Gasteiger partial charge in [-0.3, -0.25) is 9.48 Å². The van der Waals surface area contributed by atoms with Gasteiger partial charge >= 0.3 is 0 Å². The molecule has 1 fully saturated rings. The largest absolute Gasteiger partial charge is 0.349 e. The zero-order valence-corrected chi connectivity index (χ0v) is 12.7. The summed E-state index contributed by atoms with van der Waals surface area (Å²) in [6.07, 6.45) is 5.90. The summed E-state index contributed by atoms with van der Waals surface area (Å²) in [5, 5.41) is 6.97. The van der Waals surface area contributed by atoms with Crippen LogP contribution in [0.3, 0.4) is 0 Å². The van der Waals surface area contributed by atoms with E-state index in [1.165, 1.54) is 0 Å². The van der Waals surface area contributed by atoms with Crippen molar-refractivity contribution in [3.8, 4) is 0 Å². The van der Waals surface area contributed by atoms with Gasteiger partial charge in [-0.2, -0.15) is 5.10 Å². The average Bonchev–Trinajstić information content (AvgIpc) is 3.20. The van der Waals surface area contributed by atoms with E-state index in [4.69, 9.17) is 0 Å². The second-order valence-electron chi connectivity index (χ2n) is 5.41. The van der Waals surface area contributed by atoms with Gasteiger partial charge in [0.1, 0.15) is 5.69 Å². The SMILES string of the molecule is Cc1cc(C(=O)NCCn2cccn2)nc(N2CCCC2)n1. The number of nitrogens with one attached hydrogen (secondary N) is 1. The fourth-order valence-corrected chi connectivity index (χ4v) is 2.54. The molecule has 1 aliphatic heterocycles. The molecule has 1 saturated heterocycles. The quantitative estimate of drug-likeness (QED) is 0.892. The third-order valence-corrected chi connectivity index (χ3v) is 3.65. The predicted octanol–water partition coefficient (Wildman–Crippen LogP) is 1.01. The molecule has 116 valence electrons. The highest BCUT2D eigenvalue weighted by atomic mass is 16.1. The van der Waals surface area contributed by atoms with E-state index in [1.54, 1.807) is 16.9 Å². The monoisotopic (exact) mass is 300 g/mol. The fraction of sp³-hybridized carbons (Fsp3) is 0.467. The van der Waals surface area contributed by atoms with Crippen molar-refractivity contribution < 1.29 is 4.79 Å². The molecule has 1 aliphatic rings. The van der Waals surface area contributed by atoms with Crippen LogP contribution >= 0.6 is 0 Å². The number of hydrogen-bond donors (Lipinski definition) is 1. The highest BCUT2D eigenvalue weighted by Crippen LogP contribution is 2.16. The first-order chi connectivity index (χ1) is 10.7. The van der Waals surface area contributed by atoms with Crippen LogP contribution in [-0.2, 0) is 6.54 Å². The van der Waals surface area contributed by atoms with E-state index < -0.39 is 0 Å². The predicted molar refractivity (Wildman–Crippen MR) is 82.8 cm³/mol. The number of nitrogens with zero attached hydrogens (tertiary/aromatic N) is 5. The molecule has 2 aromatic rings. The summed E-state index contributed by atoms with van der Waals surface area (Å²) < 4.78 is 1.78. The maximum absolute atomic E-state index is 12.2. The molecule has 3 heterocycles. The number of hydrogen-bond acceptors (Lipinski definition) is 5. The van der Waals surface area contributed by atoms with Crippen LogP contribution in [0, 0.1) is 6.92 Å². The van der Waals surface area contributed by atoms with Crippen molar-refractivity contribution >= 4 is 11.9 Å². The Morgan fingerprint density at radius 2 is 2.14 bits per heavy atom. The highest BCUT2D eigenvalue weighted by molar-refractivity contribution is 5.92. The molecule has 0 atom stereocenters. The van der Waals surface area contributed by atoms with E-state index in [0.29, 0.717) is 24.7 Å². The Hall–Kier alpha value is -2.44. The lowest BCUT2D eigenvalue weighted by molar-refractivity contribution is 0.0946. The Bertz CT molecular complexity index is 633. The molecule has 0 radical (unpaired) electrons. The second kappa shape index (κ2) is 6.55.